The van der Waals surface area contributed by atoms with Gasteiger partial charge in [-0.25, -0.2) is 0 Å². The number of nitrogen functional groups attached to an aromatic ring is 1. The van der Waals surface area contributed by atoms with Crippen molar-refractivity contribution in [3.8, 4) is 0 Å². The summed E-state index contributed by atoms with van der Waals surface area (Å²) >= 11 is 0. The van der Waals surface area contributed by atoms with Crippen molar-refractivity contribution in [3.63, 3.8) is 0 Å². The minimum atomic E-state index is -0.705. The van der Waals surface area contributed by atoms with E-state index in [2.05, 4.69) is 0 Å². The van der Waals surface area contributed by atoms with Gasteiger partial charge in [-0.05, 0) is 24.6 Å². The Kier molecular flexibility index (Phi) is 3.48. The van der Waals surface area contributed by atoms with E-state index < -0.39 is 12.0 Å². The molecule has 1 aromatic rings. The van der Waals surface area contributed by atoms with Crippen LogP contribution in [0.4, 0.5) is 5.69 Å². The van der Waals surface area contributed by atoms with Crippen LogP contribution in [-0.4, -0.2) is 12.5 Å². The number of benzene rings is 1. The summed E-state index contributed by atoms with van der Waals surface area (Å²) in [5.41, 5.74) is 12.1. The Hall–Kier alpha value is -1.55. The van der Waals surface area contributed by atoms with Crippen LogP contribution in [0.1, 0.15) is 18.6 Å². The zero-order valence-electron chi connectivity index (χ0n) is 8.07. The number of ether oxygens (including phenoxy) is 1. The maximum Gasteiger partial charge on any atom is 0.251 e. The third-order valence-electron chi connectivity index (χ3n) is 1.81. The molecular formula is C10H14N2O2. The summed E-state index contributed by atoms with van der Waals surface area (Å²) < 4.78 is 5.21. The molecule has 1 rings (SSSR count). The molecule has 0 spiro atoms. The van der Waals surface area contributed by atoms with Crippen molar-refractivity contribution in [1.29, 1.82) is 0 Å². The van der Waals surface area contributed by atoms with Crippen LogP contribution in [0.3, 0.4) is 0 Å². The van der Waals surface area contributed by atoms with E-state index in [9.17, 15) is 4.79 Å². The topological polar surface area (TPSA) is 78.3 Å². The predicted octanol–water partition coefficient (Wildman–Crippen LogP) is 0.832. The van der Waals surface area contributed by atoms with Gasteiger partial charge in [-0.1, -0.05) is 12.1 Å². The van der Waals surface area contributed by atoms with Crippen LogP contribution in [0.15, 0.2) is 24.3 Å². The largest absolute Gasteiger partial charge is 0.399 e. The predicted molar refractivity (Wildman–Crippen MR) is 54.4 cm³/mol. The molecule has 4 heteroatoms. The SMILES string of the molecule is CCOC(C(N)=O)c1cccc(N)c1. The number of amides is 1. The van der Waals surface area contributed by atoms with Gasteiger partial charge in [0.2, 0.25) is 0 Å². The summed E-state index contributed by atoms with van der Waals surface area (Å²) in [5.74, 6) is -0.502. The number of rotatable bonds is 4. The molecule has 4 N–H and O–H groups in total. The quantitative estimate of drug-likeness (QED) is 0.697. The van der Waals surface area contributed by atoms with Crippen LogP contribution in [0.5, 0.6) is 0 Å². The van der Waals surface area contributed by atoms with Crippen LogP contribution in [0.25, 0.3) is 0 Å². The summed E-state index contributed by atoms with van der Waals surface area (Å²) in [4.78, 5) is 11.1. The first-order valence-electron chi connectivity index (χ1n) is 4.41. The van der Waals surface area contributed by atoms with Crippen molar-refractivity contribution in [3.05, 3.63) is 29.8 Å². The standard InChI is InChI=1S/C10H14N2O2/c1-2-14-9(10(12)13)7-4-3-5-8(11)6-7/h3-6,9H,2,11H2,1H3,(H2,12,13). The number of primary amides is 1. The maximum atomic E-state index is 11.1. The lowest BCUT2D eigenvalue weighted by molar-refractivity contribution is -0.129. The number of hydrogen-bond donors (Lipinski definition) is 2. The third kappa shape index (κ3) is 2.47. The molecule has 1 amide bonds. The fraction of sp³-hybridized carbons (Fsp3) is 0.300. The second kappa shape index (κ2) is 4.62. The van der Waals surface area contributed by atoms with E-state index in [1.165, 1.54) is 0 Å². The normalized spacial score (nSPS) is 12.4. The molecule has 0 fully saturated rings. The van der Waals surface area contributed by atoms with Crippen LogP contribution in [0.2, 0.25) is 0 Å². The number of carbonyl (C=O) groups excluding carboxylic acids is 1. The van der Waals surface area contributed by atoms with E-state index >= 15 is 0 Å². The Balaban J connectivity index is 2.93. The van der Waals surface area contributed by atoms with Crippen molar-refractivity contribution in [2.24, 2.45) is 5.73 Å². The van der Waals surface area contributed by atoms with Gasteiger partial charge in [0, 0.05) is 12.3 Å². The van der Waals surface area contributed by atoms with E-state index in [4.69, 9.17) is 16.2 Å². The Morgan fingerprint density at radius 1 is 1.57 bits per heavy atom. The van der Waals surface area contributed by atoms with Gasteiger partial charge >= 0.3 is 0 Å². The molecule has 76 valence electrons. The highest BCUT2D eigenvalue weighted by atomic mass is 16.5. The average Bonchev–Trinajstić information content (AvgIpc) is 2.13. The highest BCUT2D eigenvalue weighted by Gasteiger charge is 2.17. The first-order chi connectivity index (χ1) is 6.65. The molecule has 0 bridgehead atoms. The second-order valence-electron chi connectivity index (χ2n) is 2.91. The molecule has 0 aliphatic carbocycles. The Bertz CT molecular complexity index is 326. The number of carbonyl (C=O) groups is 1. The summed E-state index contributed by atoms with van der Waals surface area (Å²) in [6.07, 6.45) is -0.705. The van der Waals surface area contributed by atoms with Crippen molar-refractivity contribution in [2.45, 2.75) is 13.0 Å². The van der Waals surface area contributed by atoms with Gasteiger partial charge < -0.3 is 16.2 Å². The summed E-state index contributed by atoms with van der Waals surface area (Å²) in [7, 11) is 0. The Morgan fingerprint density at radius 3 is 2.79 bits per heavy atom. The maximum absolute atomic E-state index is 11.1. The van der Waals surface area contributed by atoms with E-state index in [-0.39, 0.29) is 0 Å². The average molecular weight is 194 g/mol. The van der Waals surface area contributed by atoms with E-state index in [1.807, 2.05) is 6.92 Å². The minimum absolute atomic E-state index is 0.433. The minimum Gasteiger partial charge on any atom is -0.399 e. The molecule has 0 radical (unpaired) electrons. The molecule has 0 aliphatic heterocycles. The van der Waals surface area contributed by atoms with Crippen molar-refractivity contribution in [2.75, 3.05) is 12.3 Å². The van der Waals surface area contributed by atoms with Gasteiger partial charge in [0.05, 0.1) is 0 Å². The number of hydrogen-bond acceptors (Lipinski definition) is 3. The third-order valence-corrected chi connectivity index (χ3v) is 1.81. The molecule has 0 heterocycles. The number of anilines is 1. The highest BCUT2D eigenvalue weighted by molar-refractivity contribution is 5.80. The van der Waals surface area contributed by atoms with Crippen molar-refractivity contribution >= 4 is 11.6 Å². The van der Waals surface area contributed by atoms with Gasteiger partial charge in [0.1, 0.15) is 0 Å². The van der Waals surface area contributed by atoms with Crippen molar-refractivity contribution < 1.29 is 9.53 Å². The van der Waals surface area contributed by atoms with Gasteiger partial charge in [-0.3, -0.25) is 4.79 Å². The summed E-state index contributed by atoms with van der Waals surface area (Å²) in [6.45, 7) is 2.24. The van der Waals surface area contributed by atoms with E-state index in [0.717, 1.165) is 0 Å². The summed E-state index contributed by atoms with van der Waals surface area (Å²) in [6, 6.07) is 6.96. The summed E-state index contributed by atoms with van der Waals surface area (Å²) in [5, 5.41) is 0. The fourth-order valence-corrected chi connectivity index (χ4v) is 1.23. The lowest BCUT2D eigenvalue weighted by Gasteiger charge is -2.13. The second-order valence-corrected chi connectivity index (χ2v) is 2.91. The smallest absolute Gasteiger partial charge is 0.251 e. The molecule has 0 aromatic heterocycles. The molecule has 4 nitrogen and oxygen atoms in total. The highest BCUT2D eigenvalue weighted by Crippen LogP contribution is 2.18. The first kappa shape index (κ1) is 10.5. The fourth-order valence-electron chi connectivity index (χ4n) is 1.23. The lowest BCUT2D eigenvalue weighted by atomic mass is 10.1. The van der Waals surface area contributed by atoms with Crippen LogP contribution < -0.4 is 11.5 Å². The molecular weight excluding hydrogens is 180 g/mol. The van der Waals surface area contributed by atoms with Crippen LogP contribution in [-0.2, 0) is 9.53 Å². The molecule has 1 unspecified atom stereocenters. The van der Waals surface area contributed by atoms with Crippen LogP contribution >= 0.6 is 0 Å². The van der Waals surface area contributed by atoms with Gasteiger partial charge in [0.15, 0.2) is 6.10 Å². The zero-order chi connectivity index (χ0) is 10.6. The van der Waals surface area contributed by atoms with E-state index in [1.54, 1.807) is 24.3 Å². The molecule has 0 aliphatic rings. The van der Waals surface area contributed by atoms with Gasteiger partial charge in [-0.15, -0.1) is 0 Å². The van der Waals surface area contributed by atoms with E-state index in [0.29, 0.717) is 17.9 Å². The number of nitrogens with two attached hydrogens (primary N) is 2. The van der Waals surface area contributed by atoms with Gasteiger partial charge in [0.25, 0.3) is 5.91 Å². The molecule has 0 saturated carbocycles. The molecule has 14 heavy (non-hydrogen) atoms. The zero-order valence-corrected chi connectivity index (χ0v) is 8.07. The Morgan fingerprint density at radius 2 is 2.29 bits per heavy atom. The monoisotopic (exact) mass is 194 g/mol. The van der Waals surface area contributed by atoms with Crippen LogP contribution in [0, 0.1) is 0 Å². The van der Waals surface area contributed by atoms with Gasteiger partial charge in [-0.2, -0.15) is 0 Å². The lowest BCUT2D eigenvalue weighted by Crippen LogP contribution is -2.23. The van der Waals surface area contributed by atoms with Crippen molar-refractivity contribution in [1.82, 2.24) is 0 Å². The molecule has 1 atom stereocenters. The first-order valence-corrected chi connectivity index (χ1v) is 4.41. The Labute approximate surface area is 82.8 Å². The molecule has 0 saturated heterocycles. The molecule has 1 aromatic carbocycles.